The Morgan fingerprint density at radius 2 is 2.20 bits per heavy atom. The lowest BCUT2D eigenvalue weighted by atomic mass is 10.6. The van der Waals surface area contributed by atoms with Gasteiger partial charge in [-0.25, -0.2) is 0 Å². The van der Waals surface area contributed by atoms with Gasteiger partial charge in [-0.15, -0.1) is 10.2 Å². The maximum Gasteiger partial charge on any atom is 0.188 e. The van der Waals surface area contributed by atoms with Gasteiger partial charge in [0.2, 0.25) is 0 Å². The van der Waals surface area contributed by atoms with Gasteiger partial charge in [0, 0.05) is 0 Å². The van der Waals surface area contributed by atoms with E-state index in [4.69, 9.17) is 0 Å². The van der Waals surface area contributed by atoms with Gasteiger partial charge >= 0.3 is 0 Å². The third-order valence-electron chi connectivity index (χ3n) is 1.01. The molecule has 56 valence electrons. The first kappa shape index (κ1) is 7.14. The quantitative estimate of drug-likeness (QED) is 0.545. The van der Waals surface area contributed by atoms with E-state index in [1.54, 1.807) is 7.05 Å². The molecule has 0 unspecified atom stereocenters. The standard InChI is InChI=1S/C5H11N5/c1-9(2)4-5-6-8-10(3)7-5/h4H2,1-3H3. The fourth-order valence-electron chi connectivity index (χ4n) is 0.669. The molecular weight excluding hydrogens is 130 g/mol. The van der Waals surface area contributed by atoms with E-state index in [0.717, 1.165) is 12.4 Å². The Morgan fingerprint density at radius 3 is 2.60 bits per heavy atom. The van der Waals surface area contributed by atoms with Gasteiger partial charge in [0.05, 0.1) is 13.6 Å². The van der Waals surface area contributed by atoms with Crippen molar-refractivity contribution < 1.29 is 0 Å². The molecule has 0 radical (unpaired) electrons. The Bertz CT molecular complexity index is 204. The molecule has 1 aromatic heterocycles. The first-order valence-corrected chi connectivity index (χ1v) is 3.06. The molecule has 0 aliphatic rings. The molecule has 0 aromatic carbocycles. The Labute approximate surface area is 59.6 Å². The molecule has 0 aliphatic heterocycles. The Kier molecular flexibility index (Phi) is 1.96. The molecule has 0 saturated heterocycles. The number of nitrogens with zero attached hydrogens (tertiary/aromatic N) is 5. The summed E-state index contributed by atoms with van der Waals surface area (Å²) < 4.78 is 0. The van der Waals surface area contributed by atoms with Crippen molar-refractivity contribution in [1.29, 1.82) is 0 Å². The first-order chi connectivity index (χ1) is 4.68. The van der Waals surface area contributed by atoms with Crippen LogP contribution in [0, 0.1) is 0 Å². The summed E-state index contributed by atoms with van der Waals surface area (Å²) in [6.07, 6.45) is 0. The monoisotopic (exact) mass is 141 g/mol. The van der Waals surface area contributed by atoms with E-state index in [2.05, 4.69) is 15.4 Å². The second kappa shape index (κ2) is 2.74. The van der Waals surface area contributed by atoms with Crippen molar-refractivity contribution in [3.8, 4) is 0 Å². The van der Waals surface area contributed by atoms with Gasteiger partial charge in [0.1, 0.15) is 0 Å². The van der Waals surface area contributed by atoms with Crippen molar-refractivity contribution in [2.75, 3.05) is 14.1 Å². The van der Waals surface area contributed by atoms with E-state index in [1.165, 1.54) is 4.80 Å². The van der Waals surface area contributed by atoms with Crippen molar-refractivity contribution in [2.24, 2.45) is 7.05 Å². The van der Waals surface area contributed by atoms with E-state index in [9.17, 15) is 0 Å². The van der Waals surface area contributed by atoms with Crippen LogP contribution in [0.4, 0.5) is 0 Å². The second-order valence-electron chi connectivity index (χ2n) is 2.43. The fourth-order valence-corrected chi connectivity index (χ4v) is 0.669. The van der Waals surface area contributed by atoms with Crippen LogP contribution in [0.1, 0.15) is 5.82 Å². The molecule has 0 atom stereocenters. The third-order valence-corrected chi connectivity index (χ3v) is 1.01. The molecule has 0 spiro atoms. The molecule has 0 N–H and O–H groups in total. The minimum Gasteiger partial charge on any atom is -0.302 e. The van der Waals surface area contributed by atoms with Gasteiger partial charge in [0.15, 0.2) is 5.82 Å². The van der Waals surface area contributed by atoms with Crippen LogP contribution in [0.5, 0.6) is 0 Å². The third kappa shape index (κ3) is 1.77. The van der Waals surface area contributed by atoms with Crippen molar-refractivity contribution in [2.45, 2.75) is 6.54 Å². The van der Waals surface area contributed by atoms with E-state index in [0.29, 0.717) is 0 Å². The minimum absolute atomic E-state index is 0.744. The normalized spacial score (nSPS) is 10.8. The van der Waals surface area contributed by atoms with Crippen LogP contribution in [0.2, 0.25) is 0 Å². The van der Waals surface area contributed by atoms with Crippen molar-refractivity contribution in [3.63, 3.8) is 0 Å². The Hall–Kier alpha value is -0.970. The summed E-state index contributed by atoms with van der Waals surface area (Å²) in [7, 11) is 5.69. The van der Waals surface area contributed by atoms with Gasteiger partial charge in [-0.3, -0.25) is 0 Å². The minimum atomic E-state index is 0.744. The van der Waals surface area contributed by atoms with Crippen molar-refractivity contribution in [1.82, 2.24) is 25.1 Å². The Balaban J connectivity index is 2.58. The number of hydrogen-bond acceptors (Lipinski definition) is 4. The summed E-state index contributed by atoms with van der Waals surface area (Å²) in [4.78, 5) is 3.45. The summed E-state index contributed by atoms with van der Waals surface area (Å²) in [5.41, 5.74) is 0. The molecule has 0 amide bonds. The fraction of sp³-hybridized carbons (Fsp3) is 0.800. The first-order valence-electron chi connectivity index (χ1n) is 3.06. The SMILES string of the molecule is CN(C)Cc1nnn(C)n1. The molecule has 1 heterocycles. The van der Waals surface area contributed by atoms with E-state index in [-0.39, 0.29) is 0 Å². The zero-order valence-electron chi connectivity index (χ0n) is 6.44. The summed E-state index contributed by atoms with van der Waals surface area (Å²) in [6.45, 7) is 0.744. The predicted octanol–water partition coefficient (Wildman–Crippen LogP) is -0.728. The lowest BCUT2D eigenvalue weighted by molar-refractivity contribution is 0.389. The number of tetrazole rings is 1. The molecule has 0 fully saturated rings. The van der Waals surface area contributed by atoms with Gasteiger partial charge in [-0.05, 0) is 19.3 Å². The lowest BCUT2D eigenvalue weighted by Gasteiger charge is -2.03. The van der Waals surface area contributed by atoms with Crippen LogP contribution < -0.4 is 0 Å². The number of aromatic nitrogens is 4. The van der Waals surface area contributed by atoms with Crippen LogP contribution in [0.15, 0.2) is 0 Å². The van der Waals surface area contributed by atoms with Gasteiger partial charge in [-0.2, -0.15) is 4.80 Å². The zero-order valence-corrected chi connectivity index (χ0v) is 6.44. The maximum absolute atomic E-state index is 4.00. The molecule has 5 nitrogen and oxygen atoms in total. The summed E-state index contributed by atoms with van der Waals surface area (Å²) in [5, 5.41) is 11.5. The highest BCUT2D eigenvalue weighted by molar-refractivity contribution is 4.74. The molecule has 10 heavy (non-hydrogen) atoms. The summed E-state index contributed by atoms with van der Waals surface area (Å²) in [5.74, 6) is 0.757. The van der Waals surface area contributed by atoms with E-state index < -0.39 is 0 Å². The zero-order chi connectivity index (χ0) is 7.56. The molecule has 0 saturated carbocycles. The molecular formula is C5H11N5. The molecule has 5 heteroatoms. The molecule has 1 rings (SSSR count). The van der Waals surface area contributed by atoms with Crippen LogP contribution in [0.3, 0.4) is 0 Å². The number of aryl methyl sites for hydroxylation is 1. The Morgan fingerprint density at radius 1 is 1.50 bits per heavy atom. The number of hydrogen-bond donors (Lipinski definition) is 0. The predicted molar refractivity (Wildman–Crippen MR) is 36.2 cm³/mol. The molecule has 1 aromatic rings. The highest BCUT2D eigenvalue weighted by atomic mass is 15.6. The van der Waals surface area contributed by atoms with Crippen LogP contribution in [0.25, 0.3) is 0 Å². The highest BCUT2D eigenvalue weighted by Crippen LogP contribution is 1.88. The van der Waals surface area contributed by atoms with E-state index in [1.807, 2.05) is 19.0 Å². The lowest BCUT2D eigenvalue weighted by Crippen LogP contribution is -2.12. The maximum atomic E-state index is 4.00. The average Bonchev–Trinajstić information content (AvgIpc) is 2.13. The van der Waals surface area contributed by atoms with Gasteiger partial charge in [-0.1, -0.05) is 0 Å². The molecule has 0 aliphatic carbocycles. The van der Waals surface area contributed by atoms with Crippen LogP contribution >= 0.6 is 0 Å². The van der Waals surface area contributed by atoms with Gasteiger partial charge < -0.3 is 4.90 Å². The summed E-state index contributed by atoms with van der Waals surface area (Å²) in [6, 6.07) is 0. The highest BCUT2D eigenvalue weighted by Gasteiger charge is 1.99. The van der Waals surface area contributed by atoms with E-state index >= 15 is 0 Å². The van der Waals surface area contributed by atoms with Gasteiger partial charge in [0.25, 0.3) is 0 Å². The summed E-state index contributed by atoms with van der Waals surface area (Å²) >= 11 is 0. The molecule has 0 bridgehead atoms. The largest absolute Gasteiger partial charge is 0.302 e. The number of rotatable bonds is 2. The van der Waals surface area contributed by atoms with Crippen molar-refractivity contribution >= 4 is 0 Å². The smallest absolute Gasteiger partial charge is 0.188 e. The van der Waals surface area contributed by atoms with Crippen LogP contribution in [-0.4, -0.2) is 39.2 Å². The second-order valence-corrected chi connectivity index (χ2v) is 2.43. The average molecular weight is 141 g/mol. The topological polar surface area (TPSA) is 46.8 Å². The van der Waals surface area contributed by atoms with Crippen molar-refractivity contribution in [3.05, 3.63) is 5.82 Å². The van der Waals surface area contributed by atoms with Crippen LogP contribution in [-0.2, 0) is 13.6 Å².